The van der Waals surface area contributed by atoms with Crippen LogP contribution in [0.15, 0.2) is 12.1 Å². The van der Waals surface area contributed by atoms with Crippen LogP contribution in [0.4, 0.5) is 0 Å². The van der Waals surface area contributed by atoms with E-state index in [0.29, 0.717) is 11.8 Å². The molecule has 1 fully saturated rings. The second-order valence-corrected chi connectivity index (χ2v) is 5.34. The molecule has 1 aromatic rings. The van der Waals surface area contributed by atoms with E-state index in [1.54, 1.807) is 7.11 Å². The van der Waals surface area contributed by atoms with Crippen molar-refractivity contribution in [3.63, 3.8) is 0 Å². The van der Waals surface area contributed by atoms with Crippen molar-refractivity contribution < 1.29 is 9.84 Å². The number of rotatable bonds is 4. The molecule has 17 heavy (non-hydrogen) atoms. The molecule has 1 aliphatic carbocycles. The highest BCUT2D eigenvalue weighted by Crippen LogP contribution is 2.45. The molecule has 0 bridgehead atoms. The molecule has 0 spiro atoms. The number of aryl methyl sites for hydroxylation is 2. The van der Waals surface area contributed by atoms with Crippen LogP contribution in [0.25, 0.3) is 0 Å². The molecule has 0 radical (unpaired) electrons. The van der Waals surface area contributed by atoms with Crippen molar-refractivity contribution >= 4 is 0 Å². The Morgan fingerprint density at radius 2 is 1.94 bits per heavy atom. The van der Waals surface area contributed by atoms with Gasteiger partial charge in [0.05, 0.1) is 13.2 Å². The third-order valence-corrected chi connectivity index (χ3v) is 3.87. The molecular weight excluding hydrogens is 212 g/mol. The molecule has 2 atom stereocenters. The smallest absolute Gasteiger partial charge is 0.125 e. The van der Waals surface area contributed by atoms with Crippen LogP contribution in [-0.2, 0) is 0 Å². The quantitative estimate of drug-likeness (QED) is 0.865. The normalized spacial score (nSPS) is 18.9. The van der Waals surface area contributed by atoms with Gasteiger partial charge in [0.15, 0.2) is 0 Å². The van der Waals surface area contributed by atoms with Crippen molar-refractivity contribution in [1.29, 1.82) is 0 Å². The van der Waals surface area contributed by atoms with Crippen LogP contribution in [0.3, 0.4) is 0 Å². The van der Waals surface area contributed by atoms with Crippen LogP contribution in [-0.4, -0.2) is 12.2 Å². The summed E-state index contributed by atoms with van der Waals surface area (Å²) in [5.41, 5.74) is 3.27. The number of methoxy groups -OCH3 is 1. The summed E-state index contributed by atoms with van der Waals surface area (Å²) in [7, 11) is 1.67. The van der Waals surface area contributed by atoms with Crippen molar-refractivity contribution in [2.24, 2.45) is 11.8 Å². The summed E-state index contributed by atoms with van der Waals surface area (Å²) >= 11 is 0. The van der Waals surface area contributed by atoms with Gasteiger partial charge in [0.1, 0.15) is 5.75 Å². The molecule has 1 saturated carbocycles. The zero-order chi connectivity index (χ0) is 12.6. The highest BCUT2D eigenvalue weighted by Gasteiger charge is 2.34. The van der Waals surface area contributed by atoms with Gasteiger partial charge in [0.2, 0.25) is 0 Å². The van der Waals surface area contributed by atoms with E-state index in [4.69, 9.17) is 4.74 Å². The van der Waals surface area contributed by atoms with Gasteiger partial charge in [-0.15, -0.1) is 0 Å². The maximum Gasteiger partial charge on any atom is 0.125 e. The predicted molar refractivity (Wildman–Crippen MR) is 69.3 cm³/mol. The van der Waals surface area contributed by atoms with E-state index in [0.717, 1.165) is 16.9 Å². The van der Waals surface area contributed by atoms with Crippen LogP contribution in [0, 0.1) is 25.7 Å². The molecule has 94 valence electrons. The Labute approximate surface area is 104 Å². The summed E-state index contributed by atoms with van der Waals surface area (Å²) in [5, 5.41) is 10.5. The fourth-order valence-electron chi connectivity index (χ4n) is 2.63. The van der Waals surface area contributed by atoms with Crippen LogP contribution >= 0.6 is 0 Å². The zero-order valence-corrected chi connectivity index (χ0v) is 11.2. The first kappa shape index (κ1) is 12.4. The third-order valence-electron chi connectivity index (χ3n) is 3.87. The first-order chi connectivity index (χ1) is 8.04. The van der Waals surface area contributed by atoms with E-state index in [1.807, 2.05) is 13.0 Å². The van der Waals surface area contributed by atoms with Gasteiger partial charge >= 0.3 is 0 Å². The second-order valence-electron chi connectivity index (χ2n) is 5.34. The van der Waals surface area contributed by atoms with Crippen LogP contribution in [0.2, 0.25) is 0 Å². The summed E-state index contributed by atoms with van der Waals surface area (Å²) in [4.78, 5) is 0. The van der Waals surface area contributed by atoms with Crippen molar-refractivity contribution in [2.75, 3.05) is 7.11 Å². The van der Waals surface area contributed by atoms with Gasteiger partial charge in [-0.2, -0.15) is 0 Å². The SMILES string of the molecule is COc1cc(C)cc(C)c1C(O)C(C)C1CC1. The summed E-state index contributed by atoms with van der Waals surface area (Å²) < 4.78 is 5.42. The van der Waals surface area contributed by atoms with E-state index in [9.17, 15) is 5.11 Å². The lowest BCUT2D eigenvalue weighted by Gasteiger charge is -2.23. The van der Waals surface area contributed by atoms with Gasteiger partial charge in [-0.25, -0.2) is 0 Å². The maximum absolute atomic E-state index is 10.5. The van der Waals surface area contributed by atoms with E-state index in [-0.39, 0.29) is 0 Å². The van der Waals surface area contributed by atoms with Gasteiger partial charge in [-0.3, -0.25) is 0 Å². The van der Waals surface area contributed by atoms with E-state index in [2.05, 4.69) is 19.9 Å². The molecule has 0 heterocycles. The van der Waals surface area contributed by atoms with Gasteiger partial charge < -0.3 is 9.84 Å². The Morgan fingerprint density at radius 3 is 2.47 bits per heavy atom. The molecule has 0 saturated heterocycles. The van der Waals surface area contributed by atoms with E-state index >= 15 is 0 Å². The average Bonchev–Trinajstić information content (AvgIpc) is 3.09. The van der Waals surface area contributed by atoms with Crippen LogP contribution in [0.1, 0.15) is 42.6 Å². The number of aliphatic hydroxyl groups excluding tert-OH is 1. The Hall–Kier alpha value is -1.02. The predicted octanol–water partition coefficient (Wildman–Crippen LogP) is 3.39. The Morgan fingerprint density at radius 1 is 1.29 bits per heavy atom. The van der Waals surface area contributed by atoms with Crippen molar-refractivity contribution in [1.82, 2.24) is 0 Å². The monoisotopic (exact) mass is 234 g/mol. The number of hydrogen-bond donors (Lipinski definition) is 1. The molecule has 1 N–H and O–H groups in total. The van der Waals surface area contributed by atoms with E-state index < -0.39 is 6.10 Å². The van der Waals surface area contributed by atoms with Gasteiger partial charge in [0, 0.05) is 5.56 Å². The summed E-state index contributed by atoms with van der Waals surface area (Å²) in [5.74, 6) is 1.84. The Kier molecular flexibility index (Phi) is 3.43. The number of ether oxygens (including phenoxy) is 1. The molecular formula is C15H22O2. The van der Waals surface area contributed by atoms with Crippen molar-refractivity contribution in [2.45, 2.75) is 39.7 Å². The molecule has 0 amide bonds. The summed E-state index contributed by atoms with van der Waals surface area (Å²) in [6.07, 6.45) is 2.11. The topological polar surface area (TPSA) is 29.5 Å². The first-order valence-electron chi connectivity index (χ1n) is 6.37. The first-order valence-corrected chi connectivity index (χ1v) is 6.37. The van der Waals surface area contributed by atoms with E-state index in [1.165, 1.54) is 18.4 Å². The third kappa shape index (κ3) is 2.47. The lowest BCUT2D eigenvalue weighted by Crippen LogP contribution is -2.13. The fourth-order valence-corrected chi connectivity index (χ4v) is 2.63. The largest absolute Gasteiger partial charge is 0.496 e. The molecule has 1 aliphatic rings. The van der Waals surface area contributed by atoms with Crippen LogP contribution in [0.5, 0.6) is 5.75 Å². The summed E-state index contributed by atoms with van der Waals surface area (Å²) in [6.45, 7) is 6.24. The van der Waals surface area contributed by atoms with Crippen molar-refractivity contribution in [3.8, 4) is 5.75 Å². The second kappa shape index (κ2) is 4.69. The molecule has 1 aromatic carbocycles. The zero-order valence-electron chi connectivity index (χ0n) is 11.2. The summed E-state index contributed by atoms with van der Waals surface area (Å²) in [6, 6.07) is 4.12. The van der Waals surface area contributed by atoms with Crippen LogP contribution < -0.4 is 4.74 Å². The highest BCUT2D eigenvalue weighted by molar-refractivity contribution is 5.44. The molecule has 2 heteroatoms. The van der Waals surface area contributed by atoms with Gasteiger partial charge in [-0.05, 0) is 55.7 Å². The van der Waals surface area contributed by atoms with Gasteiger partial charge in [0.25, 0.3) is 0 Å². The maximum atomic E-state index is 10.5. The van der Waals surface area contributed by atoms with Crippen molar-refractivity contribution in [3.05, 3.63) is 28.8 Å². The lowest BCUT2D eigenvalue weighted by molar-refractivity contribution is 0.102. The standard InChI is InChI=1S/C15H22O2/c1-9-7-10(2)14(13(8-9)17-4)15(16)11(3)12-5-6-12/h7-8,11-12,15-16H,5-6H2,1-4H3. The Bertz CT molecular complexity index is 408. The number of hydrogen-bond acceptors (Lipinski definition) is 2. The minimum absolute atomic E-state index is 0.324. The number of aliphatic hydroxyl groups is 1. The molecule has 2 unspecified atom stereocenters. The molecule has 2 rings (SSSR count). The highest BCUT2D eigenvalue weighted by atomic mass is 16.5. The van der Waals surface area contributed by atoms with Gasteiger partial charge in [-0.1, -0.05) is 13.0 Å². The average molecular weight is 234 g/mol. The fraction of sp³-hybridized carbons (Fsp3) is 0.600. The molecule has 2 nitrogen and oxygen atoms in total. The molecule has 0 aliphatic heterocycles. The Balaban J connectivity index is 2.35. The minimum Gasteiger partial charge on any atom is -0.496 e. The lowest BCUT2D eigenvalue weighted by atomic mass is 9.89. The molecule has 0 aromatic heterocycles. The minimum atomic E-state index is -0.405. The number of benzene rings is 1.